The van der Waals surface area contributed by atoms with Crippen LogP contribution in [-0.4, -0.2) is 60.5 Å². The molecule has 0 saturated carbocycles. The van der Waals surface area contributed by atoms with Crippen LogP contribution in [0.3, 0.4) is 0 Å². The highest BCUT2D eigenvalue weighted by atomic mass is 31.2. The Bertz CT molecular complexity index is 1440. The minimum Gasteiger partial charge on any atom is -0.480 e. The highest BCUT2D eigenvalue weighted by Gasteiger charge is 2.27. The van der Waals surface area contributed by atoms with E-state index >= 15 is 0 Å². The van der Waals surface area contributed by atoms with Crippen molar-refractivity contribution in [1.29, 1.82) is 0 Å². The van der Waals surface area contributed by atoms with Crippen LogP contribution in [0.25, 0.3) is 0 Å². The van der Waals surface area contributed by atoms with Gasteiger partial charge in [-0.3, -0.25) is 18.6 Å². The van der Waals surface area contributed by atoms with E-state index in [2.05, 4.69) is 140 Å². The summed E-state index contributed by atoms with van der Waals surface area (Å²) in [6.07, 6.45) is 59.6. The number of aliphatic carboxylic acids is 1. The van der Waals surface area contributed by atoms with E-state index in [1.54, 1.807) is 0 Å². The summed E-state index contributed by atoms with van der Waals surface area (Å²) in [5.41, 5.74) is 5.34. The molecule has 0 rings (SSSR count). The quantitative estimate of drug-likeness (QED) is 0.0237. The molecule has 0 spiro atoms. The van der Waals surface area contributed by atoms with Crippen molar-refractivity contribution in [3.63, 3.8) is 0 Å². The Balaban J connectivity index is 4.51. The summed E-state index contributed by atoms with van der Waals surface area (Å²) < 4.78 is 33.2. The van der Waals surface area contributed by atoms with E-state index in [4.69, 9.17) is 24.8 Å². The van der Waals surface area contributed by atoms with Crippen LogP contribution in [0.15, 0.2) is 134 Å². The first-order valence-electron chi connectivity index (χ1n) is 21.2. The largest absolute Gasteiger partial charge is 0.480 e. The van der Waals surface area contributed by atoms with Crippen molar-refractivity contribution in [3.8, 4) is 0 Å². The van der Waals surface area contributed by atoms with E-state index < -0.39 is 45.1 Å². The van der Waals surface area contributed by atoms with Crippen LogP contribution in [-0.2, 0) is 32.7 Å². The molecule has 0 saturated heterocycles. The van der Waals surface area contributed by atoms with Crippen LogP contribution < -0.4 is 5.73 Å². The van der Waals surface area contributed by atoms with Crippen LogP contribution in [0.5, 0.6) is 0 Å². The third-order valence-electron chi connectivity index (χ3n) is 7.94. The molecule has 11 heteroatoms. The molecule has 0 aromatic carbocycles. The number of carbonyl (C=O) groups is 2. The Hall–Kier alpha value is -3.89. The second-order valence-corrected chi connectivity index (χ2v) is 14.8. The van der Waals surface area contributed by atoms with Gasteiger partial charge in [0, 0.05) is 13.0 Å². The lowest BCUT2D eigenvalue weighted by molar-refractivity contribution is -0.154. The molecule has 0 aliphatic rings. The monoisotopic (exact) mass is 840 g/mol. The third kappa shape index (κ3) is 42.1. The Labute approximate surface area is 356 Å². The number of carboxylic acids is 1. The Morgan fingerprint density at radius 1 is 0.542 bits per heavy atom. The summed E-state index contributed by atoms with van der Waals surface area (Å²) in [4.78, 5) is 33.5. The number of phosphoric acid groups is 1. The Morgan fingerprint density at radius 3 is 1.32 bits per heavy atom. The van der Waals surface area contributed by atoms with Crippen LogP contribution in [0.2, 0.25) is 0 Å². The molecule has 0 aromatic heterocycles. The van der Waals surface area contributed by atoms with Gasteiger partial charge in [0.2, 0.25) is 0 Å². The normalized spacial score (nSPS) is 15.2. The van der Waals surface area contributed by atoms with E-state index in [0.717, 1.165) is 89.9 Å². The molecule has 10 nitrogen and oxygen atoms in total. The maximum Gasteiger partial charge on any atom is 0.472 e. The van der Waals surface area contributed by atoms with E-state index in [-0.39, 0.29) is 13.0 Å². The second-order valence-electron chi connectivity index (χ2n) is 13.3. The zero-order valence-electron chi connectivity index (χ0n) is 35.8. The molecule has 0 aliphatic carbocycles. The van der Waals surface area contributed by atoms with Gasteiger partial charge in [-0.05, 0) is 96.3 Å². The predicted octanol–water partition coefficient (Wildman–Crippen LogP) is 11.9. The second kappa shape index (κ2) is 42.2. The van der Waals surface area contributed by atoms with Crippen LogP contribution in [0.4, 0.5) is 0 Å². The standard InChI is InChI=1S/C48H74NO9P/c1-3-5-7-9-11-13-15-17-19-21-23-24-26-28-30-32-34-36-38-40-47(50)58-45(43-56-59(53,54)57-44-46(49)48(51)52)42-55-41-39-37-35-33-31-29-27-25-22-20-18-16-14-12-10-8-6-4-2/h5-8,11-14,17-20,23-25,27-28,30-31,33-34,36,45-46H,3-4,9-10,15-16,21-22,26,29,32,35,37-44,49H2,1-2H3,(H,51,52)(H,53,54)/b7-5-,8-6-,13-11-,14-12-,19-17-,20-18-,24-23-,27-25-,30-28-,33-31-,36-34-. The molecule has 0 amide bonds. The summed E-state index contributed by atoms with van der Waals surface area (Å²) in [5, 5.41) is 8.89. The zero-order valence-corrected chi connectivity index (χ0v) is 36.7. The van der Waals surface area contributed by atoms with Gasteiger partial charge < -0.3 is 25.2 Å². The van der Waals surface area contributed by atoms with Crippen molar-refractivity contribution in [2.24, 2.45) is 5.73 Å². The van der Waals surface area contributed by atoms with Gasteiger partial charge in [0.05, 0.1) is 19.8 Å². The van der Waals surface area contributed by atoms with Crippen LogP contribution >= 0.6 is 7.82 Å². The minimum absolute atomic E-state index is 0.0536. The van der Waals surface area contributed by atoms with E-state index in [1.165, 1.54) is 0 Å². The van der Waals surface area contributed by atoms with Crippen molar-refractivity contribution in [2.45, 2.75) is 129 Å². The zero-order chi connectivity index (χ0) is 43.3. The fraction of sp³-hybridized carbons (Fsp3) is 0.500. The number of unbranched alkanes of at least 4 members (excludes halogenated alkanes) is 2. The minimum atomic E-state index is -4.66. The van der Waals surface area contributed by atoms with Crippen LogP contribution in [0, 0.1) is 0 Å². The van der Waals surface area contributed by atoms with Crippen molar-refractivity contribution in [2.75, 3.05) is 26.4 Å². The van der Waals surface area contributed by atoms with Gasteiger partial charge in [0.25, 0.3) is 0 Å². The Morgan fingerprint density at radius 2 is 0.915 bits per heavy atom. The molecule has 3 atom stereocenters. The number of carboxylic acid groups (broad SMARTS) is 1. The van der Waals surface area contributed by atoms with Gasteiger partial charge in [0.1, 0.15) is 12.1 Å². The number of ether oxygens (including phenoxy) is 2. The molecule has 330 valence electrons. The molecule has 59 heavy (non-hydrogen) atoms. The summed E-state index contributed by atoms with van der Waals surface area (Å²) in [6, 6.07) is -1.50. The fourth-order valence-electron chi connectivity index (χ4n) is 4.71. The van der Waals surface area contributed by atoms with Crippen LogP contribution in [0.1, 0.15) is 117 Å². The summed E-state index contributed by atoms with van der Waals surface area (Å²) in [5.74, 6) is -1.90. The lowest BCUT2D eigenvalue weighted by Gasteiger charge is -2.20. The lowest BCUT2D eigenvalue weighted by Crippen LogP contribution is -2.34. The lowest BCUT2D eigenvalue weighted by atomic mass is 10.2. The number of phosphoric ester groups is 1. The number of rotatable bonds is 38. The number of hydrogen-bond donors (Lipinski definition) is 3. The van der Waals surface area contributed by atoms with E-state index in [9.17, 15) is 19.0 Å². The molecule has 0 radical (unpaired) electrons. The average molecular weight is 840 g/mol. The summed E-state index contributed by atoms with van der Waals surface area (Å²) in [7, 11) is -4.66. The maximum atomic E-state index is 12.6. The van der Waals surface area contributed by atoms with Gasteiger partial charge in [-0.15, -0.1) is 0 Å². The third-order valence-corrected chi connectivity index (χ3v) is 8.89. The molecule has 0 fully saturated rings. The highest BCUT2D eigenvalue weighted by molar-refractivity contribution is 7.47. The molecule has 0 aromatic rings. The number of hydrogen-bond acceptors (Lipinski definition) is 8. The average Bonchev–Trinajstić information content (AvgIpc) is 3.21. The molecule has 0 heterocycles. The number of nitrogens with two attached hydrogens (primary N) is 1. The van der Waals surface area contributed by atoms with Gasteiger partial charge in [0.15, 0.2) is 0 Å². The fourth-order valence-corrected chi connectivity index (χ4v) is 5.49. The van der Waals surface area contributed by atoms with Gasteiger partial charge in [-0.1, -0.05) is 148 Å². The molecular formula is C48H74NO9P. The van der Waals surface area contributed by atoms with Crippen molar-refractivity contribution < 1.29 is 42.7 Å². The Kier molecular flexibility index (Phi) is 39.5. The smallest absolute Gasteiger partial charge is 0.472 e. The van der Waals surface area contributed by atoms with Gasteiger partial charge in [-0.2, -0.15) is 0 Å². The van der Waals surface area contributed by atoms with Crippen molar-refractivity contribution in [1.82, 2.24) is 0 Å². The van der Waals surface area contributed by atoms with E-state index in [0.29, 0.717) is 13.0 Å². The maximum absolute atomic E-state index is 12.6. The number of esters is 1. The van der Waals surface area contributed by atoms with E-state index in [1.807, 2.05) is 12.2 Å². The molecular weight excluding hydrogens is 766 g/mol. The first-order chi connectivity index (χ1) is 28.7. The molecule has 4 N–H and O–H groups in total. The first kappa shape index (κ1) is 55.1. The predicted molar refractivity (Wildman–Crippen MR) is 244 cm³/mol. The summed E-state index contributed by atoms with van der Waals surface area (Å²) >= 11 is 0. The summed E-state index contributed by atoms with van der Waals surface area (Å²) in [6.45, 7) is 3.40. The van der Waals surface area contributed by atoms with Crippen molar-refractivity contribution in [3.05, 3.63) is 134 Å². The van der Waals surface area contributed by atoms with Crippen molar-refractivity contribution >= 4 is 19.8 Å². The molecule has 3 unspecified atom stereocenters. The first-order valence-corrected chi connectivity index (χ1v) is 22.7. The van der Waals surface area contributed by atoms with Gasteiger partial charge >= 0.3 is 19.8 Å². The molecule has 0 aliphatic heterocycles. The van der Waals surface area contributed by atoms with Gasteiger partial charge in [-0.25, -0.2) is 4.57 Å². The number of carbonyl (C=O) groups excluding carboxylic acids is 1. The molecule has 0 bridgehead atoms. The highest BCUT2D eigenvalue weighted by Crippen LogP contribution is 2.43. The SMILES string of the molecule is CC/C=C\C/C=C\C/C=C\C/C=C\C/C=C\C/C=C\CCC(=O)OC(COCCCC/C=C\C/C=C\C/C=C\C/C=C\C/C=C\CC)COP(=O)(O)OCC(N)C(=O)O. The number of allylic oxidation sites excluding steroid dienone is 22. The topological polar surface area (TPSA) is 155 Å².